The number of carboxylic acids is 1. The molecule has 1 rings (SSSR count). The van der Waals surface area contributed by atoms with Crippen LogP contribution in [0.15, 0.2) is 24.8 Å². The average molecular weight is 255 g/mol. The monoisotopic (exact) mass is 254 g/mol. The summed E-state index contributed by atoms with van der Waals surface area (Å²) in [5.41, 5.74) is -0.111. The van der Waals surface area contributed by atoms with E-state index in [1.807, 2.05) is 18.0 Å². The Labute approximate surface area is 106 Å². The molecule has 1 heterocycles. The molecule has 0 aliphatic rings. The van der Waals surface area contributed by atoms with E-state index in [4.69, 9.17) is 16.7 Å². The molecule has 0 aliphatic carbocycles. The van der Waals surface area contributed by atoms with Crippen LogP contribution in [0.25, 0.3) is 0 Å². The van der Waals surface area contributed by atoms with Gasteiger partial charge in [0, 0.05) is 13.6 Å². The molecule has 0 saturated carbocycles. The lowest BCUT2D eigenvalue weighted by Gasteiger charge is -2.18. The lowest BCUT2D eigenvalue weighted by molar-refractivity contribution is 0.0691. The standard InChI is InChI=1S/C12H15ClN2O2/c1-3-4-5-8-15(2)10-7-6-9(13)11(14-10)12(16)17/h3,6-7H,1,4-5,8H2,2H3,(H,16,17). The minimum atomic E-state index is -1.11. The summed E-state index contributed by atoms with van der Waals surface area (Å²) in [4.78, 5) is 16.8. The van der Waals surface area contributed by atoms with Crippen LogP contribution in [0.3, 0.4) is 0 Å². The highest BCUT2D eigenvalue weighted by atomic mass is 35.5. The van der Waals surface area contributed by atoms with Crippen LogP contribution in [0.1, 0.15) is 23.3 Å². The molecule has 0 aliphatic heterocycles. The SMILES string of the molecule is C=CCCCN(C)c1ccc(Cl)c(C(=O)O)n1. The molecule has 92 valence electrons. The van der Waals surface area contributed by atoms with Crippen molar-refractivity contribution >= 4 is 23.4 Å². The van der Waals surface area contributed by atoms with E-state index in [0.717, 1.165) is 19.4 Å². The van der Waals surface area contributed by atoms with Crippen LogP contribution in [-0.2, 0) is 0 Å². The predicted octanol–water partition coefficient (Wildman–Crippen LogP) is 2.84. The fourth-order valence-electron chi connectivity index (χ4n) is 1.38. The highest BCUT2D eigenvalue weighted by molar-refractivity contribution is 6.33. The van der Waals surface area contributed by atoms with Gasteiger partial charge in [0.15, 0.2) is 5.69 Å². The summed E-state index contributed by atoms with van der Waals surface area (Å²) in [6.45, 7) is 4.44. The Morgan fingerprint density at radius 3 is 2.94 bits per heavy atom. The second-order valence-corrected chi connectivity index (χ2v) is 4.06. The van der Waals surface area contributed by atoms with Crippen molar-refractivity contribution in [3.8, 4) is 0 Å². The molecule has 1 aromatic rings. The third-order valence-corrected chi connectivity index (χ3v) is 2.63. The van der Waals surface area contributed by atoms with Gasteiger partial charge in [-0.3, -0.25) is 0 Å². The van der Waals surface area contributed by atoms with Crippen molar-refractivity contribution in [1.29, 1.82) is 0 Å². The number of carboxylic acid groups (broad SMARTS) is 1. The van der Waals surface area contributed by atoms with Crippen LogP contribution in [0.2, 0.25) is 5.02 Å². The number of aromatic nitrogens is 1. The molecule has 0 amide bonds. The van der Waals surface area contributed by atoms with Gasteiger partial charge >= 0.3 is 5.97 Å². The average Bonchev–Trinajstić information content (AvgIpc) is 2.29. The number of pyridine rings is 1. The van der Waals surface area contributed by atoms with Gasteiger partial charge in [0.1, 0.15) is 5.82 Å². The Balaban J connectivity index is 2.80. The smallest absolute Gasteiger partial charge is 0.356 e. The number of rotatable bonds is 6. The maximum Gasteiger partial charge on any atom is 0.356 e. The number of anilines is 1. The number of unbranched alkanes of at least 4 members (excludes halogenated alkanes) is 1. The second kappa shape index (κ2) is 6.25. The summed E-state index contributed by atoms with van der Waals surface area (Å²) in [7, 11) is 1.87. The van der Waals surface area contributed by atoms with Crippen molar-refractivity contribution in [2.45, 2.75) is 12.8 Å². The highest BCUT2D eigenvalue weighted by Crippen LogP contribution is 2.18. The van der Waals surface area contributed by atoms with Gasteiger partial charge in [0.25, 0.3) is 0 Å². The predicted molar refractivity (Wildman–Crippen MR) is 68.9 cm³/mol. The number of aromatic carboxylic acids is 1. The summed E-state index contributed by atoms with van der Waals surface area (Å²) in [5.74, 6) is -0.507. The van der Waals surface area contributed by atoms with Gasteiger partial charge in [-0.25, -0.2) is 9.78 Å². The van der Waals surface area contributed by atoms with Crippen molar-refractivity contribution in [3.63, 3.8) is 0 Å². The third-order valence-electron chi connectivity index (χ3n) is 2.33. The number of hydrogen-bond acceptors (Lipinski definition) is 3. The maximum absolute atomic E-state index is 10.9. The molecule has 0 unspecified atom stereocenters. The number of allylic oxidation sites excluding steroid dienone is 1. The Bertz CT molecular complexity index is 421. The molecule has 1 aromatic heterocycles. The van der Waals surface area contributed by atoms with Crippen molar-refractivity contribution < 1.29 is 9.90 Å². The summed E-state index contributed by atoms with van der Waals surface area (Å²) in [5, 5.41) is 9.06. The molecule has 0 aromatic carbocycles. The zero-order valence-corrected chi connectivity index (χ0v) is 10.4. The van der Waals surface area contributed by atoms with Crippen LogP contribution in [0.4, 0.5) is 5.82 Å². The Morgan fingerprint density at radius 1 is 1.65 bits per heavy atom. The molecule has 0 atom stereocenters. The fraction of sp³-hybridized carbons (Fsp3) is 0.333. The maximum atomic E-state index is 10.9. The van der Waals surface area contributed by atoms with Gasteiger partial charge in [-0.1, -0.05) is 17.7 Å². The molecule has 17 heavy (non-hydrogen) atoms. The first-order valence-electron chi connectivity index (χ1n) is 5.28. The number of halogens is 1. The lowest BCUT2D eigenvalue weighted by Crippen LogP contribution is -2.20. The first-order chi connectivity index (χ1) is 8.06. The van der Waals surface area contributed by atoms with Gasteiger partial charge in [0.05, 0.1) is 5.02 Å². The van der Waals surface area contributed by atoms with E-state index in [1.54, 1.807) is 12.1 Å². The van der Waals surface area contributed by atoms with E-state index in [9.17, 15) is 4.79 Å². The van der Waals surface area contributed by atoms with Crippen LogP contribution in [0, 0.1) is 0 Å². The van der Waals surface area contributed by atoms with E-state index in [2.05, 4.69) is 11.6 Å². The molecular formula is C12H15ClN2O2. The number of nitrogens with zero attached hydrogens (tertiary/aromatic N) is 2. The molecule has 0 saturated heterocycles. The van der Waals surface area contributed by atoms with Crippen molar-refractivity contribution in [1.82, 2.24) is 4.98 Å². The Morgan fingerprint density at radius 2 is 2.35 bits per heavy atom. The van der Waals surface area contributed by atoms with Gasteiger partial charge < -0.3 is 10.0 Å². The minimum Gasteiger partial charge on any atom is -0.476 e. The van der Waals surface area contributed by atoms with Crippen LogP contribution in [0.5, 0.6) is 0 Å². The molecule has 0 fully saturated rings. The van der Waals surface area contributed by atoms with E-state index in [1.165, 1.54) is 0 Å². The van der Waals surface area contributed by atoms with Crippen molar-refractivity contribution in [2.75, 3.05) is 18.5 Å². The molecule has 0 radical (unpaired) electrons. The van der Waals surface area contributed by atoms with E-state index in [-0.39, 0.29) is 10.7 Å². The fourth-order valence-corrected chi connectivity index (χ4v) is 1.57. The number of hydrogen-bond donors (Lipinski definition) is 1. The first kappa shape index (κ1) is 13.5. The molecule has 5 heteroatoms. The van der Waals surface area contributed by atoms with E-state index < -0.39 is 5.97 Å². The second-order valence-electron chi connectivity index (χ2n) is 3.66. The minimum absolute atomic E-state index is 0.111. The van der Waals surface area contributed by atoms with Crippen LogP contribution >= 0.6 is 11.6 Å². The molecule has 0 bridgehead atoms. The van der Waals surface area contributed by atoms with E-state index in [0.29, 0.717) is 5.82 Å². The summed E-state index contributed by atoms with van der Waals surface area (Å²) < 4.78 is 0. The van der Waals surface area contributed by atoms with Crippen molar-refractivity contribution in [2.24, 2.45) is 0 Å². The van der Waals surface area contributed by atoms with Crippen LogP contribution in [-0.4, -0.2) is 29.7 Å². The zero-order valence-electron chi connectivity index (χ0n) is 9.69. The third kappa shape index (κ3) is 3.75. The summed E-state index contributed by atoms with van der Waals surface area (Å²) in [6, 6.07) is 3.26. The highest BCUT2D eigenvalue weighted by Gasteiger charge is 2.12. The van der Waals surface area contributed by atoms with Gasteiger partial charge in [0.2, 0.25) is 0 Å². The van der Waals surface area contributed by atoms with Gasteiger partial charge in [-0.05, 0) is 25.0 Å². The summed E-state index contributed by atoms with van der Waals surface area (Å²) in [6.07, 6.45) is 3.72. The Hall–Kier alpha value is -1.55. The van der Waals surface area contributed by atoms with Crippen molar-refractivity contribution in [3.05, 3.63) is 35.5 Å². The van der Waals surface area contributed by atoms with Crippen LogP contribution < -0.4 is 4.90 Å². The molecule has 4 nitrogen and oxygen atoms in total. The lowest BCUT2D eigenvalue weighted by atomic mass is 10.3. The topological polar surface area (TPSA) is 53.4 Å². The first-order valence-corrected chi connectivity index (χ1v) is 5.66. The largest absolute Gasteiger partial charge is 0.476 e. The molecular weight excluding hydrogens is 240 g/mol. The normalized spacial score (nSPS) is 10.0. The van der Waals surface area contributed by atoms with Gasteiger partial charge in [-0.2, -0.15) is 0 Å². The Kier molecular flexibility index (Phi) is 4.97. The zero-order chi connectivity index (χ0) is 12.8. The molecule has 1 N–H and O–H groups in total. The van der Waals surface area contributed by atoms with E-state index >= 15 is 0 Å². The number of carbonyl (C=O) groups is 1. The summed E-state index contributed by atoms with van der Waals surface area (Å²) >= 11 is 5.75. The van der Waals surface area contributed by atoms with Gasteiger partial charge in [-0.15, -0.1) is 6.58 Å². The quantitative estimate of drug-likeness (QED) is 0.627. The molecule has 0 spiro atoms.